The van der Waals surface area contributed by atoms with E-state index in [4.69, 9.17) is 0 Å². The van der Waals surface area contributed by atoms with E-state index in [1.165, 1.54) is 12.1 Å². The lowest BCUT2D eigenvalue weighted by Gasteiger charge is -2.42. The first-order chi connectivity index (χ1) is 17.9. The van der Waals surface area contributed by atoms with Gasteiger partial charge in [0.05, 0.1) is 5.60 Å². The summed E-state index contributed by atoms with van der Waals surface area (Å²) in [6.45, 7) is 6.24. The van der Waals surface area contributed by atoms with E-state index in [9.17, 15) is 14.3 Å². The lowest BCUT2D eigenvalue weighted by molar-refractivity contribution is -0.132. The van der Waals surface area contributed by atoms with E-state index in [0.717, 1.165) is 29.5 Å². The van der Waals surface area contributed by atoms with E-state index in [1.54, 1.807) is 12.1 Å². The van der Waals surface area contributed by atoms with Crippen LogP contribution >= 0.6 is 0 Å². The van der Waals surface area contributed by atoms with Crippen LogP contribution in [0.4, 0.5) is 4.39 Å². The molecule has 0 radical (unpaired) electrons. The third-order valence-electron chi connectivity index (χ3n) is 8.67. The van der Waals surface area contributed by atoms with Gasteiger partial charge in [-0.05, 0) is 74.4 Å². The number of halogens is 1. The fourth-order valence-electron chi connectivity index (χ4n) is 6.69. The number of amides is 1. The minimum atomic E-state index is -1.03. The van der Waals surface area contributed by atoms with Crippen LogP contribution in [-0.2, 0) is 15.8 Å². The Labute approximate surface area is 219 Å². The van der Waals surface area contributed by atoms with Gasteiger partial charge in [0.15, 0.2) is 0 Å². The molecule has 5 heteroatoms. The van der Waals surface area contributed by atoms with Crippen molar-refractivity contribution in [2.75, 3.05) is 19.6 Å². The van der Waals surface area contributed by atoms with Gasteiger partial charge >= 0.3 is 0 Å². The normalized spacial score (nSPS) is 25.5. The predicted octanol–water partition coefficient (Wildman–Crippen LogP) is 5.26. The largest absolute Gasteiger partial charge is 0.385 e. The zero-order chi connectivity index (χ0) is 26.0. The molecule has 0 bridgehead atoms. The first kappa shape index (κ1) is 25.6. The highest BCUT2D eigenvalue weighted by atomic mass is 19.1. The van der Waals surface area contributed by atoms with Gasteiger partial charge in [-0.15, -0.1) is 0 Å². The molecule has 3 aromatic rings. The van der Waals surface area contributed by atoms with Crippen molar-refractivity contribution in [2.45, 2.75) is 50.2 Å². The molecule has 2 heterocycles. The van der Waals surface area contributed by atoms with Gasteiger partial charge in [-0.3, -0.25) is 4.79 Å². The van der Waals surface area contributed by atoms with Gasteiger partial charge in [-0.2, -0.15) is 0 Å². The number of carbonyl (C=O) groups is 1. The second kappa shape index (κ2) is 10.4. The van der Waals surface area contributed by atoms with Crippen LogP contribution in [0.5, 0.6) is 0 Å². The summed E-state index contributed by atoms with van der Waals surface area (Å²) in [5.41, 5.74) is 1.01. The van der Waals surface area contributed by atoms with Gasteiger partial charge in [0.1, 0.15) is 11.2 Å². The lowest BCUT2D eigenvalue weighted by atomic mass is 9.64. The molecule has 2 N–H and O–H groups in total. The van der Waals surface area contributed by atoms with E-state index in [2.05, 4.69) is 43.4 Å². The number of nitrogens with zero attached hydrogens (tertiary/aromatic N) is 1. The molecule has 0 spiro atoms. The topological polar surface area (TPSA) is 52.6 Å². The van der Waals surface area contributed by atoms with Crippen LogP contribution in [0, 0.1) is 17.7 Å². The van der Waals surface area contributed by atoms with Gasteiger partial charge in [-0.1, -0.05) is 72.8 Å². The first-order valence-electron chi connectivity index (χ1n) is 13.5. The Bertz CT molecular complexity index is 1160. The molecular weight excluding hydrogens is 463 g/mol. The zero-order valence-corrected chi connectivity index (χ0v) is 21.7. The van der Waals surface area contributed by atoms with Crippen LogP contribution in [-0.4, -0.2) is 41.6 Å². The third-order valence-corrected chi connectivity index (χ3v) is 8.67. The number of hydrogen-bond acceptors (Lipinski definition) is 3. The number of likely N-dealkylation sites (tertiary alicyclic amines) is 1. The number of carbonyl (C=O) groups excluding carboxylic acids is 1. The highest BCUT2D eigenvalue weighted by molar-refractivity contribution is 5.95. The van der Waals surface area contributed by atoms with Crippen molar-refractivity contribution in [3.63, 3.8) is 0 Å². The Hall–Kier alpha value is -3.02. The number of benzene rings is 3. The van der Waals surface area contributed by atoms with Crippen molar-refractivity contribution >= 4 is 5.91 Å². The number of rotatable bonds is 7. The number of hydrogen-bond donors (Lipinski definition) is 2. The number of piperidine rings is 1. The second-order valence-electron chi connectivity index (χ2n) is 10.9. The second-order valence-corrected chi connectivity index (χ2v) is 10.9. The summed E-state index contributed by atoms with van der Waals surface area (Å²) in [6, 6.07) is 26.8. The van der Waals surface area contributed by atoms with Crippen LogP contribution < -0.4 is 5.32 Å². The molecule has 2 fully saturated rings. The molecular formula is C32H37FN2O2. The Morgan fingerprint density at radius 3 is 2.03 bits per heavy atom. The Morgan fingerprint density at radius 1 is 0.892 bits per heavy atom. The average molecular weight is 501 g/mol. The average Bonchev–Trinajstić information content (AvgIpc) is 3.22. The van der Waals surface area contributed by atoms with Crippen LogP contribution in [0.25, 0.3) is 0 Å². The molecule has 194 valence electrons. The minimum absolute atomic E-state index is 0.0424. The zero-order valence-electron chi connectivity index (χ0n) is 21.7. The quantitative estimate of drug-likeness (QED) is 0.466. The Morgan fingerprint density at radius 2 is 1.46 bits per heavy atom. The molecule has 4 nitrogen and oxygen atoms in total. The van der Waals surface area contributed by atoms with Crippen molar-refractivity contribution in [3.05, 3.63) is 107 Å². The standard InChI is InChI=1S/C32H37FN2O2/c1-23(2)35-22-28(14-13-27-21-34-20-19-31(27,37)24-15-17-29(33)18-16-24)32(30(35)36,25-9-5-3-6-10-25)26-11-7-4-8-12-26/h3-12,15-18,23,27-28,34,37H,13-14,19-22H2,1-2H3. The maximum atomic E-state index is 14.3. The molecule has 0 saturated carbocycles. The van der Waals surface area contributed by atoms with Crippen LogP contribution in [0.3, 0.4) is 0 Å². The molecule has 3 atom stereocenters. The van der Waals surface area contributed by atoms with E-state index in [1.807, 2.05) is 41.3 Å². The number of nitrogens with one attached hydrogen (secondary N) is 1. The molecule has 0 aliphatic carbocycles. The molecule has 0 aromatic heterocycles. The van der Waals surface area contributed by atoms with Gasteiger partial charge < -0.3 is 15.3 Å². The van der Waals surface area contributed by atoms with E-state index < -0.39 is 11.0 Å². The summed E-state index contributed by atoms with van der Waals surface area (Å²) in [6.07, 6.45) is 2.12. The summed E-state index contributed by atoms with van der Waals surface area (Å²) in [5, 5.41) is 15.3. The van der Waals surface area contributed by atoms with Gasteiger partial charge in [0.25, 0.3) is 0 Å². The molecule has 1 amide bonds. The summed E-state index contributed by atoms with van der Waals surface area (Å²) >= 11 is 0. The Balaban J connectivity index is 1.53. The molecule has 2 aliphatic heterocycles. The molecule has 3 unspecified atom stereocenters. The highest BCUT2D eigenvalue weighted by Crippen LogP contribution is 2.49. The van der Waals surface area contributed by atoms with E-state index in [-0.39, 0.29) is 29.6 Å². The van der Waals surface area contributed by atoms with Crippen molar-refractivity contribution in [3.8, 4) is 0 Å². The molecule has 2 saturated heterocycles. The van der Waals surface area contributed by atoms with Crippen molar-refractivity contribution in [2.24, 2.45) is 11.8 Å². The highest BCUT2D eigenvalue weighted by Gasteiger charge is 2.56. The van der Waals surface area contributed by atoms with E-state index >= 15 is 0 Å². The van der Waals surface area contributed by atoms with Crippen molar-refractivity contribution in [1.82, 2.24) is 10.2 Å². The summed E-state index contributed by atoms with van der Waals surface area (Å²) in [5.74, 6) is -0.141. The maximum Gasteiger partial charge on any atom is 0.238 e. The molecule has 37 heavy (non-hydrogen) atoms. The van der Waals surface area contributed by atoms with Gasteiger partial charge in [0.2, 0.25) is 5.91 Å². The van der Waals surface area contributed by atoms with E-state index in [0.29, 0.717) is 26.1 Å². The molecule has 3 aromatic carbocycles. The molecule has 2 aliphatic rings. The molecule has 5 rings (SSSR count). The minimum Gasteiger partial charge on any atom is -0.385 e. The smallest absolute Gasteiger partial charge is 0.238 e. The van der Waals surface area contributed by atoms with Crippen LogP contribution in [0.15, 0.2) is 84.9 Å². The fraction of sp³-hybridized carbons (Fsp3) is 0.406. The Kier molecular flexibility index (Phi) is 7.19. The predicted molar refractivity (Wildman–Crippen MR) is 145 cm³/mol. The van der Waals surface area contributed by atoms with Crippen LogP contribution in [0.2, 0.25) is 0 Å². The summed E-state index contributed by atoms with van der Waals surface area (Å²) < 4.78 is 13.6. The first-order valence-corrected chi connectivity index (χ1v) is 13.5. The van der Waals surface area contributed by atoms with Crippen molar-refractivity contribution < 1.29 is 14.3 Å². The van der Waals surface area contributed by atoms with Crippen molar-refractivity contribution in [1.29, 1.82) is 0 Å². The number of aliphatic hydroxyl groups is 1. The SMILES string of the molecule is CC(C)N1CC(CCC2CNCCC2(O)c2ccc(F)cc2)C(c2ccccc2)(c2ccccc2)C1=O. The monoisotopic (exact) mass is 500 g/mol. The summed E-state index contributed by atoms with van der Waals surface area (Å²) in [4.78, 5) is 16.4. The van der Waals surface area contributed by atoms with Crippen LogP contribution in [0.1, 0.15) is 49.8 Å². The fourth-order valence-corrected chi connectivity index (χ4v) is 6.69. The maximum absolute atomic E-state index is 14.3. The van der Waals surface area contributed by atoms with Gasteiger partial charge in [0, 0.05) is 25.0 Å². The third kappa shape index (κ3) is 4.49. The lowest BCUT2D eigenvalue weighted by Crippen LogP contribution is -2.48. The summed E-state index contributed by atoms with van der Waals surface area (Å²) in [7, 11) is 0. The van der Waals surface area contributed by atoms with Gasteiger partial charge in [-0.25, -0.2) is 4.39 Å².